The highest BCUT2D eigenvalue weighted by atomic mass is 16.2. The lowest BCUT2D eigenvalue weighted by Gasteiger charge is -2.31. The molecule has 3 amide bonds. The third-order valence-electron chi connectivity index (χ3n) is 6.01. The molecule has 29 heavy (non-hydrogen) atoms. The molecule has 7 heteroatoms. The van der Waals surface area contributed by atoms with Crippen molar-refractivity contribution in [2.45, 2.75) is 45.7 Å². The van der Waals surface area contributed by atoms with Crippen LogP contribution in [0.5, 0.6) is 0 Å². The standard InChI is InChI=1S/C22H32N4O3/c1-16(27)26-10-4-8-20(15-26)22(29)24-12-17-5-2-6-18(11-17)13-25-9-3-7-19(14-25)21(23)28/h2,5-6,11,19-20H,3-4,7-10,12-15H2,1H3,(H2,23,28)(H,24,29). The van der Waals surface area contributed by atoms with Gasteiger partial charge in [-0.3, -0.25) is 19.3 Å². The van der Waals surface area contributed by atoms with Gasteiger partial charge in [0.05, 0.1) is 11.8 Å². The predicted octanol–water partition coefficient (Wildman–Crippen LogP) is 1.26. The van der Waals surface area contributed by atoms with E-state index < -0.39 is 0 Å². The van der Waals surface area contributed by atoms with Gasteiger partial charge in [0.1, 0.15) is 0 Å². The molecule has 2 heterocycles. The zero-order valence-electron chi connectivity index (χ0n) is 17.2. The van der Waals surface area contributed by atoms with Crippen LogP contribution in [0.3, 0.4) is 0 Å². The molecule has 3 N–H and O–H groups in total. The summed E-state index contributed by atoms with van der Waals surface area (Å²) in [6, 6.07) is 8.20. The number of rotatable bonds is 6. The van der Waals surface area contributed by atoms with Gasteiger partial charge in [0.25, 0.3) is 0 Å². The summed E-state index contributed by atoms with van der Waals surface area (Å²) in [7, 11) is 0. The molecule has 3 rings (SSSR count). The summed E-state index contributed by atoms with van der Waals surface area (Å²) in [4.78, 5) is 39.6. The summed E-state index contributed by atoms with van der Waals surface area (Å²) < 4.78 is 0. The van der Waals surface area contributed by atoms with Crippen molar-refractivity contribution >= 4 is 17.7 Å². The molecule has 2 atom stereocenters. The number of hydrogen-bond acceptors (Lipinski definition) is 4. The van der Waals surface area contributed by atoms with Gasteiger partial charge in [-0.05, 0) is 43.4 Å². The third kappa shape index (κ3) is 6.03. The van der Waals surface area contributed by atoms with Crippen molar-refractivity contribution in [3.05, 3.63) is 35.4 Å². The minimum absolute atomic E-state index is 0.0154. The van der Waals surface area contributed by atoms with Gasteiger partial charge < -0.3 is 16.0 Å². The number of benzene rings is 1. The smallest absolute Gasteiger partial charge is 0.225 e. The Kier molecular flexibility index (Phi) is 7.25. The fraction of sp³-hybridized carbons (Fsp3) is 0.591. The minimum atomic E-state index is -0.211. The summed E-state index contributed by atoms with van der Waals surface area (Å²) in [5.74, 6) is -0.350. The van der Waals surface area contributed by atoms with Crippen molar-refractivity contribution in [2.24, 2.45) is 17.6 Å². The van der Waals surface area contributed by atoms with Crippen LogP contribution in [-0.4, -0.2) is 53.7 Å². The Balaban J connectivity index is 1.51. The number of nitrogens with zero attached hydrogens (tertiary/aromatic N) is 2. The van der Waals surface area contributed by atoms with E-state index in [1.165, 1.54) is 5.56 Å². The van der Waals surface area contributed by atoms with Crippen LogP contribution in [0.25, 0.3) is 0 Å². The normalized spacial score (nSPS) is 22.9. The van der Waals surface area contributed by atoms with Gasteiger partial charge in [0.2, 0.25) is 17.7 Å². The maximum atomic E-state index is 12.5. The van der Waals surface area contributed by atoms with Crippen molar-refractivity contribution in [1.29, 1.82) is 0 Å². The lowest BCUT2D eigenvalue weighted by molar-refractivity contribution is -0.134. The number of likely N-dealkylation sites (tertiary alicyclic amines) is 2. The van der Waals surface area contributed by atoms with Gasteiger partial charge in [-0.25, -0.2) is 0 Å². The molecule has 158 valence electrons. The van der Waals surface area contributed by atoms with Crippen LogP contribution in [-0.2, 0) is 27.5 Å². The number of primary amides is 1. The zero-order chi connectivity index (χ0) is 20.8. The monoisotopic (exact) mass is 400 g/mol. The first-order valence-electron chi connectivity index (χ1n) is 10.5. The molecule has 2 saturated heterocycles. The minimum Gasteiger partial charge on any atom is -0.369 e. The summed E-state index contributed by atoms with van der Waals surface area (Å²) in [5.41, 5.74) is 7.70. The van der Waals surface area contributed by atoms with Crippen molar-refractivity contribution in [3.8, 4) is 0 Å². The first kappa shape index (κ1) is 21.3. The number of carbonyl (C=O) groups excluding carboxylic acids is 3. The Morgan fingerprint density at radius 3 is 2.55 bits per heavy atom. The maximum absolute atomic E-state index is 12.5. The Bertz CT molecular complexity index is 751. The third-order valence-corrected chi connectivity index (χ3v) is 6.01. The SMILES string of the molecule is CC(=O)N1CCCC(C(=O)NCc2cccc(CN3CCCC(C(N)=O)C3)c2)C1. The molecular weight excluding hydrogens is 368 g/mol. The Morgan fingerprint density at radius 2 is 1.79 bits per heavy atom. The van der Waals surface area contributed by atoms with Crippen LogP contribution < -0.4 is 11.1 Å². The molecule has 0 saturated carbocycles. The summed E-state index contributed by atoms with van der Waals surface area (Å²) >= 11 is 0. The lowest BCUT2D eigenvalue weighted by Crippen LogP contribution is -2.44. The molecule has 2 aliphatic rings. The van der Waals surface area contributed by atoms with E-state index in [0.29, 0.717) is 19.6 Å². The van der Waals surface area contributed by atoms with Gasteiger partial charge in [0, 0.05) is 39.6 Å². The Hall–Kier alpha value is -2.41. The average molecular weight is 401 g/mol. The Labute approximate surface area is 172 Å². The number of amides is 3. The summed E-state index contributed by atoms with van der Waals surface area (Å²) in [6.07, 6.45) is 3.56. The number of hydrogen-bond donors (Lipinski definition) is 2. The molecule has 0 aliphatic carbocycles. The molecule has 2 unspecified atom stereocenters. The number of carbonyl (C=O) groups is 3. The van der Waals surface area contributed by atoms with E-state index in [2.05, 4.69) is 22.3 Å². The molecule has 7 nitrogen and oxygen atoms in total. The first-order chi connectivity index (χ1) is 13.9. The van der Waals surface area contributed by atoms with E-state index in [0.717, 1.165) is 50.9 Å². The molecule has 1 aromatic carbocycles. The largest absolute Gasteiger partial charge is 0.369 e. The van der Waals surface area contributed by atoms with Crippen LogP contribution in [0.2, 0.25) is 0 Å². The molecular formula is C22H32N4O3. The lowest BCUT2D eigenvalue weighted by atomic mass is 9.96. The van der Waals surface area contributed by atoms with Crippen LogP contribution in [0.1, 0.15) is 43.7 Å². The average Bonchev–Trinajstić information content (AvgIpc) is 2.72. The molecule has 2 fully saturated rings. The highest BCUT2D eigenvalue weighted by molar-refractivity contribution is 5.80. The van der Waals surface area contributed by atoms with E-state index in [9.17, 15) is 14.4 Å². The number of nitrogens with two attached hydrogens (primary N) is 1. The van der Waals surface area contributed by atoms with E-state index >= 15 is 0 Å². The van der Waals surface area contributed by atoms with Crippen molar-refractivity contribution in [1.82, 2.24) is 15.1 Å². The van der Waals surface area contributed by atoms with Gasteiger partial charge in [0.15, 0.2) is 0 Å². The second-order valence-corrected chi connectivity index (χ2v) is 8.32. The predicted molar refractivity (Wildman–Crippen MR) is 110 cm³/mol. The fourth-order valence-corrected chi connectivity index (χ4v) is 4.34. The topological polar surface area (TPSA) is 95.7 Å². The van der Waals surface area contributed by atoms with Crippen molar-refractivity contribution in [2.75, 3.05) is 26.2 Å². The molecule has 0 spiro atoms. The second kappa shape index (κ2) is 9.87. The van der Waals surface area contributed by atoms with Crippen LogP contribution in [0.4, 0.5) is 0 Å². The second-order valence-electron chi connectivity index (χ2n) is 8.32. The summed E-state index contributed by atoms with van der Waals surface area (Å²) in [5, 5.41) is 3.03. The zero-order valence-corrected chi connectivity index (χ0v) is 17.2. The molecule has 0 bridgehead atoms. The van der Waals surface area contributed by atoms with Gasteiger partial charge in [-0.15, -0.1) is 0 Å². The van der Waals surface area contributed by atoms with Gasteiger partial charge in [-0.1, -0.05) is 24.3 Å². The van der Waals surface area contributed by atoms with E-state index in [4.69, 9.17) is 5.73 Å². The highest BCUT2D eigenvalue weighted by Crippen LogP contribution is 2.19. The molecule has 0 radical (unpaired) electrons. The molecule has 2 aliphatic heterocycles. The number of piperidine rings is 2. The van der Waals surface area contributed by atoms with Crippen LogP contribution >= 0.6 is 0 Å². The van der Waals surface area contributed by atoms with Crippen LogP contribution in [0.15, 0.2) is 24.3 Å². The van der Waals surface area contributed by atoms with Gasteiger partial charge >= 0.3 is 0 Å². The Morgan fingerprint density at radius 1 is 1.07 bits per heavy atom. The quantitative estimate of drug-likeness (QED) is 0.751. The van der Waals surface area contributed by atoms with Crippen LogP contribution in [0, 0.1) is 11.8 Å². The van der Waals surface area contributed by atoms with E-state index in [1.807, 2.05) is 12.1 Å². The van der Waals surface area contributed by atoms with E-state index in [1.54, 1.807) is 11.8 Å². The highest BCUT2D eigenvalue weighted by Gasteiger charge is 2.27. The maximum Gasteiger partial charge on any atom is 0.225 e. The van der Waals surface area contributed by atoms with Crippen molar-refractivity contribution in [3.63, 3.8) is 0 Å². The van der Waals surface area contributed by atoms with Crippen molar-refractivity contribution < 1.29 is 14.4 Å². The first-order valence-corrected chi connectivity index (χ1v) is 10.5. The fourth-order valence-electron chi connectivity index (χ4n) is 4.34. The summed E-state index contributed by atoms with van der Waals surface area (Å²) in [6.45, 7) is 5.75. The van der Waals surface area contributed by atoms with E-state index in [-0.39, 0.29) is 29.6 Å². The molecule has 0 aromatic heterocycles. The molecule has 1 aromatic rings. The van der Waals surface area contributed by atoms with Gasteiger partial charge in [-0.2, -0.15) is 0 Å². The number of nitrogens with one attached hydrogen (secondary N) is 1.